The van der Waals surface area contributed by atoms with Gasteiger partial charge in [0, 0.05) is 41.7 Å². The lowest BCUT2D eigenvalue weighted by molar-refractivity contribution is 0.222. The minimum Gasteiger partial charge on any atom is -0.493 e. The predicted molar refractivity (Wildman–Crippen MR) is 137 cm³/mol. The molecule has 4 aromatic heterocycles. The number of H-pyrrole nitrogens is 1. The fourth-order valence-electron chi connectivity index (χ4n) is 5.05. The van der Waals surface area contributed by atoms with Crippen molar-refractivity contribution in [2.45, 2.75) is 38.5 Å². The number of pyridine rings is 2. The Kier molecular flexibility index (Phi) is 6.27. The van der Waals surface area contributed by atoms with E-state index < -0.39 is 9.84 Å². The summed E-state index contributed by atoms with van der Waals surface area (Å²) >= 11 is 0. The third kappa shape index (κ3) is 4.77. The lowest BCUT2D eigenvalue weighted by atomic mass is 9.92. The number of methoxy groups -OCH3 is 1. The number of hydrogen-bond donors (Lipinski definition) is 1. The quantitative estimate of drug-likeness (QED) is 0.416. The number of piperidine rings is 1. The molecule has 0 aliphatic carbocycles. The number of sulfone groups is 1. The Hall–Kier alpha value is -2.98. The van der Waals surface area contributed by atoms with E-state index in [4.69, 9.17) is 9.72 Å². The lowest BCUT2D eigenvalue weighted by Gasteiger charge is -2.31. The summed E-state index contributed by atoms with van der Waals surface area (Å²) in [6.45, 7) is 6.77. The van der Waals surface area contributed by atoms with Crippen molar-refractivity contribution in [1.82, 2.24) is 29.5 Å². The van der Waals surface area contributed by atoms with Crippen LogP contribution in [0.3, 0.4) is 0 Å². The summed E-state index contributed by atoms with van der Waals surface area (Å²) in [4.78, 5) is 15.3. The minimum atomic E-state index is -2.93. The van der Waals surface area contributed by atoms with Gasteiger partial charge in [0.2, 0.25) is 0 Å². The Morgan fingerprint density at radius 1 is 1.23 bits per heavy atom. The maximum Gasteiger partial charge on any atom is 0.197 e. The van der Waals surface area contributed by atoms with Gasteiger partial charge in [-0.3, -0.25) is 4.98 Å². The van der Waals surface area contributed by atoms with E-state index in [-0.39, 0.29) is 11.7 Å². The Labute approximate surface area is 205 Å². The van der Waals surface area contributed by atoms with Gasteiger partial charge in [0.05, 0.1) is 29.6 Å². The molecule has 0 bridgehead atoms. The van der Waals surface area contributed by atoms with E-state index in [0.717, 1.165) is 53.9 Å². The van der Waals surface area contributed by atoms with Gasteiger partial charge in [0.25, 0.3) is 0 Å². The van der Waals surface area contributed by atoms with Crippen molar-refractivity contribution in [3.63, 3.8) is 0 Å². The normalized spacial score (nSPS) is 16.0. The number of nitrogens with zero attached hydrogens (tertiary/aromatic N) is 5. The SMILES string of the molecule is COc1cc(-c2[nH]c3ccc(C4CCN(CCS(C)(=O)=O)CC4)nc3c2C(C)C)cn2ncnc12. The first-order valence-electron chi connectivity index (χ1n) is 12.0. The van der Waals surface area contributed by atoms with Gasteiger partial charge in [-0.1, -0.05) is 13.8 Å². The second-order valence-corrected chi connectivity index (χ2v) is 12.0. The van der Waals surface area contributed by atoms with E-state index >= 15 is 0 Å². The molecule has 1 aliphatic heterocycles. The van der Waals surface area contributed by atoms with Crippen molar-refractivity contribution in [1.29, 1.82) is 0 Å². The van der Waals surface area contributed by atoms with Gasteiger partial charge < -0.3 is 14.6 Å². The van der Waals surface area contributed by atoms with Crippen LogP contribution in [0.25, 0.3) is 27.9 Å². The van der Waals surface area contributed by atoms with Crippen molar-refractivity contribution in [3.8, 4) is 17.0 Å². The van der Waals surface area contributed by atoms with E-state index in [1.54, 1.807) is 11.6 Å². The zero-order valence-electron chi connectivity index (χ0n) is 20.7. The van der Waals surface area contributed by atoms with Crippen LogP contribution in [-0.2, 0) is 9.84 Å². The average Bonchev–Trinajstić information content (AvgIpc) is 3.46. The summed E-state index contributed by atoms with van der Waals surface area (Å²) in [5.74, 6) is 1.52. The Morgan fingerprint density at radius 2 is 2.00 bits per heavy atom. The molecule has 0 atom stereocenters. The Balaban J connectivity index is 1.46. The number of rotatable bonds is 7. The first-order valence-corrected chi connectivity index (χ1v) is 14.1. The molecule has 1 aliphatic rings. The molecule has 5 heterocycles. The maximum atomic E-state index is 11.5. The first-order chi connectivity index (χ1) is 16.7. The molecule has 10 heteroatoms. The molecule has 0 unspecified atom stereocenters. The van der Waals surface area contributed by atoms with E-state index in [1.165, 1.54) is 18.1 Å². The van der Waals surface area contributed by atoms with Crippen molar-refractivity contribution in [3.05, 3.63) is 42.0 Å². The molecule has 35 heavy (non-hydrogen) atoms. The number of ether oxygens (including phenoxy) is 1. The van der Waals surface area contributed by atoms with E-state index in [2.05, 4.69) is 45.9 Å². The lowest BCUT2D eigenvalue weighted by Crippen LogP contribution is -2.36. The maximum absolute atomic E-state index is 11.5. The van der Waals surface area contributed by atoms with Gasteiger partial charge in [-0.25, -0.2) is 17.9 Å². The summed E-state index contributed by atoms with van der Waals surface area (Å²) < 4.78 is 30.3. The number of aromatic amines is 1. The topological polar surface area (TPSA) is 105 Å². The predicted octanol–water partition coefficient (Wildman–Crippen LogP) is 3.63. The molecule has 1 saturated heterocycles. The molecular formula is C25H32N6O3S. The van der Waals surface area contributed by atoms with Crippen molar-refractivity contribution in [2.75, 3.05) is 38.8 Å². The van der Waals surface area contributed by atoms with Crippen LogP contribution in [0.4, 0.5) is 0 Å². The van der Waals surface area contributed by atoms with Crippen molar-refractivity contribution in [2.24, 2.45) is 0 Å². The highest BCUT2D eigenvalue weighted by Gasteiger charge is 2.25. The fraction of sp³-hybridized carbons (Fsp3) is 0.480. The van der Waals surface area contributed by atoms with Crippen LogP contribution in [0.2, 0.25) is 0 Å². The monoisotopic (exact) mass is 496 g/mol. The molecule has 9 nitrogen and oxygen atoms in total. The second kappa shape index (κ2) is 9.23. The molecular weight excluding hydrogens is 464 g/mol. The number of nitrogens with one attached hydrogen (secondary N) is 1. The van der Waals surface area contributed by atoms with E-state index in [0.29, 0.717) is 23.9 Å². The van der Waals surface area contributed by atoms with Crippen LogP contribution in [0.1, 0.15) is 49.8 Å². The van der Waals surface area contributed by atoms with Gasteiger partial charge >= 0.3 is 0 Å². The number of hydrogen-bond acceptors (Lipinski definition) is 7. The highest BCUT2D eigenvalue weighted by Crippen LogP contribution is 2.37. The number of aromatic nitrogens is 5. The smallest absolute Gasteiger partial charge is 0.197 e. The van der Waals surface area contributed by atoms with E-state index in [1.807, 2.05) is 12.3 Å². The summed E-state index contributed by atoms with van der Waals surface area (Å²) in [5, 5.41) is 4.31. The number of fused-ring (bicyclic) bond motifs is 2. The van der Waals surface area contributed by atoms with Crippen molar-refractivity contribution >= 4 is 26.5 Å². The molecule has 0 amide bonds. The van der Waals surface area contributed by atoms with E-state index in [9.17, 15) is 8.42 Å². The third-order valence-corrected chi connectivity index (χ3v) is 7.84. The molecule has 0 radical (unpaired) electrons. The summed E-state index contributed by atoms with van der Waals surface area (Å²) in [5.41, 5.74) is 6.97. The summed E-state index contributed by atoms with van der Waals surface area (Å²) in [6, 6.07) is 6.26. The van der Waals surface area contributed by atoms with Crippen LogP contribution in [0.15, 0.2) is 30.7 Å². The fourth-order valence-corrected chi connectivity index (χ4v) is 5.64. The zero-order valence-corrected chi connectivity index (χ0v) is 21.5. The zero-order chi connectivity index (χ0) is 24.7. The standard InChI is InChI=1S/C25H32N6O3S/c1-16(2)22-23(18-13-21(34-3)25-26-15-27-31(25)14-18)29-20-6-5-19(28-24(20)22)17-7-9-30(10-8-17)11-12-35(4,32)33/h5-6,13-17,29H,7-12H2,1-4H3. The van der Waals surface area contributed by atoms with Gasteiger partial charge in [-0.15, -0.1) is 0 Å². The molecule has 0 aromatic carbocycles. The average molecular weight is 497 g/mol. The van der Waals surface area contributed by atoms with Gasteiger partial charge in [0.1, 0.15) is 16.2 Å². The molecule has 1 N–H and O–H groups in total. The Bertz CT molecular complexity index is 1470. The molecule has 0 spiro atoms. The van der Waals surface area contributed by atoms with Gasteiger partial charge in [0.15, 0.2) is 11.4 Å². The molecule has 4 aromatic rings. The largest absolute Gasteiger partial charge is 0.493 e. The van der Waals surface area contributed by atoms with Gasteiger partial charge in [-0.05, 0) is 50.0 Å². The second-order valence-electron chi connectivity index (χ2n) is 9.77. The Morgan fingerprint density at radius 3 is 2.69 bits per heavy atom. The summed E-state index contributed by atoms with van der Waals surface area (Å²) in [7, 11) is -1.29. The highest BCUT2D eigenvalue weighted by molar-refractivity contribution is 7.90. The van der Waals surface area contributed by atoms with Gasteiger partial charge in [-0.2, -0.15) is 5.10 Å². The van der Waals surface area contributed by atoms with Crippen LogP contribution in [0, 0.1) is 0 Å². The molecule has 0 saturated carbocycles. The number of likely N-dealkylation sites (tertiary alicyclic amines) is 1. The van der Waals surface area contributed by atoms with Crippen LogP contribution < -0.4 is 4.74 Å². The van der Waals surface area contributed by atoms with Crippen LogP contribution in [-0.4, -0.2) is 76.6 Å². The van der Waals surface area contributed by atoms with Crippen LogP contribution >= 0.6 is 0 Å². The molecule has 1 fully saturated rings. The summed E-state index contributed by atoms with van der Waals surface area (Å²) in [6.07, 6.45) is 6.76. The first kappa shape index (κ1) is 23.7. The minimum absolute atomic E-state index is 0.219. The third-order valence-electron chi connectivity index (χ3n) is 6.91. The van der Waals surface area contributed by atoms with Crippen LogP contribution in [0.5, 0.6) is 5.75 Å². The molecule has 5 rings (SSSR count). The highest BCUT2D eigenvalue weighted by atomic mass is 32.2. The molecule has 186 valence electrons. The van der Waals surface area contributed by atoms with Crippen molar-refractivity contribution < 1.29 is 13.2 Å².